The Bertz CT molecular complexity index is 621. The lowest BCUT2D eigenvalue weighted by Gasteiger charge is -2.05. The molecular weight excluding hydrogens is 238 g/mol. The van der Waals surface area contributed by atoms with Crippen molar-refractivity contribution in [2.75, 3.05) is 0 Å². The lowest BCUT2D eigenvalue weighted by Crippen LogP contribution is -2.20. The van der Waals surface area contributed by atoms with Gasteiger partial charge in [0.1, 0.15) is 6.04 Å². The Morgan fingerprint density at radius 3 is 2.11 bits per heavy atom. The SMILES string of the molecule is NC(C(=O)O)c1ccc(C#Cc2cc[c]cc2)cc1. The number of carboxylic acids is 1. The summed E-state index contributed by atoms with van der Waals surface area (Å²) in [5.74, 6) is 4.98. The van der Waals surface area contributed by atoms with Crippen molar-refractivity contribution in [2.45, 2.75) is 6.04 Å². The van der Waals surface area contributed by atoms with Crippen molar-refractivity contribution in [1.82, 2.24) is 0 Å². The molecule has 3 nitrogen and oxygen atoms in total. The molecule has 0 saturated carbocycles. The van der Waals surface area contributed by atoms with Crippen LogP contribution >= 0.6 is 0 Å². The molecule has 0 heterocycles. The van der Waals surface area contributed by atoms with Gasteiger partial charge in [0.2, 0.25) is 0 Å². The third-order valence-electron chi connectivity index (χ3n) is 2.61. The molecule has 0 spiro atoms. The lowest BCUT2D eigenvalue weighted by atomic mass is 10.1. The first-order chi connectivity index (χ1) is 9.16. The van der Waals surface area contributed by atoms with Gasteiger partial charge in [0.15, 0.2) is 0 Å². The molecule has 3 N–H and O–H groups in total. The fourth-order valence-corrected chi connectivity index (χ4v) is 1.53. The van der Waals surface area contributed by atoms with Gasteiger partial charge in [-0.3, -0.25) is 4.79 Å². The molecule has 1 unspecified atom stereocenters. The minimum Gasteiger partial charge on any atom is -0.480 e. The first-order valence-electron chi connectivity index (χ1n) is 5.73. The predicted molar refractivity (Wildman–Crippen MR) is 72.3 cm³/mol. The highest BCUT2D eigenvalue weighted by atomic mass is 16.4. The zero-order valence-corrected chi connectivity index (χ0v) is 10.1. The summed E-state index contributed by atoms with van der Waals surface area (Å²) in [6, 6.07) is 16.2. The Morgan fingerprint density at radius 1 is 1.05 bits per heavy atom. The van der Waals surface area contributed by atoms with Crippen molar-refractivity contribution in [3.63, 3.8) is 0 Å². The summed E-state index contributed by atoms with van der Waals surface area (Å²) in [6.07, 6.45) is 0. The molecule has 1 atom stereocenters. The molecule has 1 radical (unpaired) electrons. The Balaban J connectivity index is 2.16. The smallest absolute Gasteiger partial charge is 0.325 e. The third kappa shape index (κ3) is 3.44. The van der Waals surface area contributed by atoms with Crippen molar-refractivity contribution < 1.29 is 9.90 Å². The molecule has 0 saturated heterocycles. The summed E-state index contributed by atoms with van der Waals surface area (Å²) in [4.78, 5) is 10.7. The van der Waals surface area contributed by atoms with Crippen LogP contribution in [0.5, 0.6) is 0 Å². The molecule has 2 aromatic carbocycles. The van der Waals surface area contributed by atoms with Crippen LogP contribution in [0.3, 0.4) is 0 Å². The van der Waals surface area contributed by atoms with Crippen LogP contribution in [-0.4, -0.2) is 11.1 Å². The van der Waals surface area contributed by atoms with E-state index in [-0.39, 0.29) is 0 Å². The molecule has 0 aliphatic carbocycles. The molecule has 0 aromatic heterocycles. The number of hydrogen-bond donors (Lipinski definition) is 2. The van der Waals surface area contributed by atoms with Gasteiger partial charge in [0.25, 0.3) is 0 Å². The summed E-state index contributed by atoms with van der Waals surface area (Å²) >= 11 is 0. The summed E-state index contributed by atoms with van der Waals surface area (Å²) < 4.78 is 0. The number of carboxylic acid groups (broad SMARTS) is 1. The van der Waals surface area contributed by atoms with E-state index in [9.17, 15) is 4.79 Å². The molecular formula is C16H12NO2. The average molecular weight is 250 g/mol. The van der Waals surface area contributed by atoms with E-state index in [1.54, 1.807) is 36.4 Å². The van der Waals surface area contributed by atoms with E-state index in [0.29, 0.717) is 5.56 Å². The quantitative estimate of drug-likeness (QED) is 0.801. The summed E-state index contributed by atoms with van der Waals surface area (Å²) in [5, 5.41) is 8.80. The van der Waals surface area contributed by atoms with E-state index in [0.717, 1.165) is 11.1 Å². The van der Waals surface area contributed by atoms with Crippen LogP contribution < -0.4 is 5.73 Å². The van der Waals surface area contributed by atoms with Gasteiger partial charge in [0.05, 0.1) is 0 Å². The second-order valence-corrected chi connectivity index (χ2v) is 3.98. The normalized spacial score (nSPS) is 11.2. The topological polar surface area (TPSA) is 63.3 Å². The highest BCUT2D eigenvalue weighted by Gasteiger charge is 2.13. The highest BCUT2D eigenvalue weighted by Crippen LogP contribution is 2.11. The Morgan fingerprint density at radius 2 is 1.58 bits per heavy atom. The zero-order valence-electron chi connectivity index (χ0n) is 10.1. The number of carbonyl (C=O) groups is 1. The minimum atomic E-state index is -1.04. The van der Waals surface area contributed by atoms with Crippen LogP contribution in [0.4, 0.5) is 0 Å². The average Bonchev–Trinajstić information content (AvgIpc) is 2.46. The molecule has 3 heteroatoms. The zero-order chi connectivity index (χ0) is 13.7. The van der Waals surface area contributed by atoms with E-state index >= 15 is 0 Å². The van der Waals surface area contributed by atoms with Crippen LogP contribution in [0, 0.1) is 17.9 Å². The maximum absolute atomic E-state index is 10.7. The van der Waals surface area contributed by atoms with E-state index in [1.807, 2.05) is 12.1 Å². The molecule has 2 rings (SSSR count). The van der Waals surface area contributed by atoms with Crippen molar-refractivity contribution in [1.29, 1.82) is 0 Å². The van der Waals surface area contributed by atoms with Crippen molar-refractivity contribution in [3.05, 3.63) is 71.3 Å². The maximum atomic E-state index is 10.7. The monoisotopic (exact) mass is 250 g/mol. The van der Waals surface area contributed by atoms with E-state index < -0.39 is 12.0 Å². The standard InChI is InChI=1S/C16H12NO2/c17-15(16(18)19)14-10-8-13(9-11-14)7-6-12-4-2-1-3-5-12/h2-5,8-11,15H,17H2,(H,18,19). The Kier molecular flexibility index (Phi) is 3.97. The maximum Gasteiger partial charge on any atom is 0.325 e. The van der Waals surface area contributed by atoms with E-state index in [1.165, 1.54) is 0 Å². The van der Waals surface area contributed by atoms with Crippen LogP contribution in [-0.2, 0) is 4.79 Å². The molecule has 0 aliphatic rings. The van der Waals surface area contributed by atoms with Gasteiger partial charge in [-0.2, -0.15) is 0 Å². The van der Waals surface area contributed by atoms with Gasteiger partial charge in [-0.1, -0.05) is 36.1 Å². The van der Waals surface area contributed by atoms with Gasteiger partial charge >= 0.3 is 5.97 Å². The number of hydrogen-bond acceptors (Lipinski definition) is 2. The van der Waals surface area contributed by atoms with Crippen LogP contribution in [0.2, 0.25) is 0 Å². The molecule has 2 aromatic rings. The van der Waals surface area contributed by atoms with Gasteiger partial charge in [0, 0.05) is 11.1 Å². The minimum absolute atomic E-state index is 0.562. The molecule has 0 aliphatic heterocycles. The van der Waals surface area contributed by atoms with Crippen LogP contribution in [0.1, 0.15) is 22.7 Å². The second-order valence-electron chi connectivity index (χ2n) is 3.98. The molecule has 93 valence electrons. The van der Waals surface area contributed by atoms with Crippen LogP contribution in [0.15, 0.2) is 48.5 Å². The van der Waals surface area contributed by atoms with Gasteiger partial charge in [-0.15, -0.1) is 0 Å². The van der Waals surface area contributed by atoms with Gasteiger partial charge < -0.3 is 10.8 Å². The first kappa shape index (κ1) is 12.9. The van der Waals surface area contributed by atoms with E-state index in [2.05, 4.69) is 17.9 Å². The number of aliphatic carboxylic acids is 1. The fraction of sp³-hybridized carbons (Fsp3) is 0.0625. The van der Waals surface area contributed by atoms with Gasteiger partial charge in [-0.05, 0) is 35.9 Å². The number of benzene rings is 2. The second kappa shape index (κ2) is 5.85. The molecule has 19 heavy (non-hydrogen) atoms. The Labute approximate surface area is 111 Å². The van der Waals surface area contributed by atoms with Crippen LogP contribution in [0.25, 0.3) is 0 Å². The van der Waals surface area contributed by atoms with Gasteiger partial charge in [-0.25, -0.2) is 0 Å². The molecule has 0 bridgehead atoms. The lowest BCUT2D eigenvalue weighted by molar-refractivity contribution is -0.138. The molecule has 0 fully saturated rings. The van der Waals surface area contributed by atoms with Crippen molar-refractivity contribution >= 4 is 5.97 Å². The summed E-state index contributed by atoms with van der Waals surface area (Å²) in [5.41, 5.74) is 7.80. The molecule has 0 amide bonds. The third-order valence-corrected chi connectivity index (χ3v) is 2.61. The first-order valence-corrected chi connectivity index (χ1v) is 5.73. The summed E-state index contributed by atoms with van der Waals surface area (Å²) in [7, 11) is 0. The highest BCUT2D eigenvalue weighted by molar-refractivity contribution is 5.75. The van der Waals surface area contributed by atoms with Crippen molar-refractivity contribution in [3.8, 4) is 11.8 Å². The summed E-state index contributed by atoms with van der Waals surface area (Å²) in [6.45, 7) is 0. The van der Waals surface area contributed by atoms with E-state index in [4.69, 9.17) is 10.8 Å². The number of nitrogens with two attached hydrogens (primary N) is 1. The fourth-order valence-electron chi connectivity index (χ4n) is 1.53. The van der Waals surface area contributed by atoms with Crippen molar-refractivity contribution in [2.24, 2.45) is 5.73 Å². The predicted octanol–water partition coefficient (Wildman–Crippen LogP) is 1.97. The Hall–Kier alpha value is -2.57. The number of rotatable bonds is 2. The largest absolute Gasteiger partial charge is 0.480 e.